The number of hydrogen-bond donors (Lipinski definition) is 1. The fourth-order valence-electron chi connectivity index (χ4n) is 4.00. The second-order valence-electron chi connectivity index (χ2n) is 9.65. The number of nitrogens with one attached hydrogen (secondary N) is 1. The fraction of sp³-hybridized carbons (Fsp3) is 0.407. The third-order valence-corrected chi connectivity index (χ3v) is 6.52. The van der Waals surface area contributed by atoms with Crippen molar-refractivity contribution in [1.29, 1.82) is 0 Å². The first-order valence-corrected chi connectivity index (χ1v) is 12.4. The van der Waals surface area contributed by atoms with Crippen molar-refractivity contribution in [2.24, 2.45) is 5.41 Å². The molecule has 1 aromatic heterocycles. The number of benzene rings is 2. The Hall–Kier alpha value is -2.50. The first-order valence-electron chi connectivity index (χ1n) is 11.7. The van der Waals surface area contributed by atoms with Gasteiger partial charge in [0.25, 0.3) is 0 Å². The highest BCUT2D eigenvalue weighted by Crippen LogP contribution is 2.24. The molecule has 5 nitrogen and oxygen atoms in total. The SMILES string of the molecule is CCCN(CC(=O)N(CCc1c[nH]c2ccccc12)Cc1ccc(Cl)c(Cl)c1)C(=O)C(C)(C)C. The zero-order valence-electron chi connectivity index (χ0n) is 20.3. The van der Waals surface area contributed by atoms with Crippen molar-refractivity contribution in [3.05, 3.63) is 69.8 Å². The van der Waals surface area contributed by atoms with Gasteiger partial charge in [-0.15, -0.1) is 0 Å². The standard InChI is InChI=1S/C27H33Cl2N3O2/c1-5-13-32(26(34)27(2,3)4)18-25(33)31(17-19-10-11-22(28)23(29)15-19)14-12-20-16-30-24-9-7-6-8-21(20)24/h6-11,15-16,30H,5,12-14,17-18H2,1-4H3. The summed E-state index contributed by atoms with van der Waals surface area (Å²) in [5, 5.41) is 2.09. The van der Waals surface area contributed by atoms with E-state index in [9.17, 15) is 9.59 Å². The molecule has 3 rings (SSSR count). The largest absolute Gasteiger partial charge is 0.361 e. The Bertz CT molecular complexity index is 1150. The van der Waals surface area contributed by atoms with Gasteiger partial charge in [-0.05, 0) is 42.2 Å². The molecule has 2 amide bonds. The highest BCUT2D eigenvalue weighted by Gasteiger charge is 2.29. The minimum absolute atomic E-state index is 0.0196. The van der Waals surface area contributed by atoms with Gasteiger partial charge in [-0.25, -0.2) is 0 Å². The van der Waals surface area contributed by atoms with Gasteiger partial charge in [0.2, 0.25) is 11.8 Å². The molecule has 0 spiro atoms. The molecule has 0 unspecified atom stereocenters. The molecule has 1 N–H and O–H groups in total. The quantitative estimate of drug-likeness (QED) is 0.372. The molecular formula is C27H33Cl2N3O2. The zero-order valence-corrected chi connectivity index (χ0v) is 21.8. The molecule has 0 saturated heterocycles. The van der Waals surface area contributed by atoms with Gasteiger partial charge in [-0.2, -0.15) is 0 Å². The molecule has 0 atom stereocenters. The maximum absolute atomic E-state index is 13.5. The number of halogens is 2. The number of carbonyl (C=O) groups excluding carboxylic acids is 2. The van der Waals surface area contributed by atoms with Crippen LogP contribution in [0.5, 0.6) is 0 Å². The Morgan fingerprint density at radius 1 is 0.971 bits per heavy atom. The van der Waals surface area contributed by atoms with Gasteiger partial charge in [-0.1, -0.05) is 75.2 Å². The molecule has 1 heterocycles. The molecular weight excluding hydrogens is 469 g/mol. The van der Waals surface area contributed by atoms with Crippen LogP contribution in [-0.2, 0) is 22.6 Å². The lowest BCUT2D eigenvalue weighted by atomic mass is 9.94. The van der Waals surface area contributed by atoms with Gasteiger partial charge in [-0.3, -0.25) is 9.59 Å². The Balaban J connectivity index is 1.82. The van der Waals surface area contributed by atoms with E-state index in [1.165, 1.54) is 0 Å². The topological polar surface area (TPSA) is 56.4 Å². The zero-order chi connectivity index (χ0) is 24.9. The van der Waals surface area contributed by atoms with Gasteiger partial charge in [0.1, 0.15) is 0 Å². The van der Waals surface area contributed by atoms with Crippen LogP contribution in [0.25, 0.3) is 10.9 Å². The van der Waals surface area contributed by atoms with E-state index in [-0.39, 0.29) is 18.4 Å². The summed E-state index contributed by atoms with van der Waals surface area (Å²) in [6, 6.07) is 13.5. The number of carbonyl (C=O) groups is 2. The molecule has 2 aromatic carbocycles. The molecule has 0 radical (unpaired) electrons. The van der Waals surface area contributed by atoms with E-state index in [2.05, 4.69) is 11.1 Å². The number of H-pyrrole nitrogens is 1. The van der Waals surface area contributed by atoms with Crippen LogP contribution in [0.3, 0.4) is 0 Å². The van der Waals surface area contributed by atoms with Crippen LogP contribution in [0, 0.1) is 5.41 Å². The van der Waals surface area contributed by atoms with E-state index in [0.29, 0.717) is 36.1 Å². The molecule has 0 bridgehead atoms. The van der Waals surface area contributed by atoms with Gasteiger partial charge in [0.15, 0.2) is 0 Å². The second kappa shape index (κ2) is 11.3. The maximum Gasteiger partial charge on any atom is 0.242 e. The average Bonchev–Trinajstić information content (AvgIpc) is 3.20. The van der Waals surface area contributed by atoms with Gasteiger partial charge in [0, 0.05) is 42.1 Å². The van der Waals surface area contributed by atoms with Gasteiger partial charge >= 0.3 is 0 Å². The molecule has 182 valence electrons. The van der Waals surface area contributed by atoms with Crippen molar-refractivity contribution in [2.75, 3.05) is 19.6 Å². The molecule has 34 heavy (non-hydrogen) atoms. The Kier molecular flexibility index (Phi) is 8.67. The molecule has 3 aromatic rings. The summed E-state index contributed by atoms with van der Waals surface area (Å²) < 4.78 is 0. The Labute approximate surface area is 212 Å². The number of nitrogens with zero attached hydrogens (tertiary/aromatic N) is 2. The van der Waals surface area contributed by atoms with Gasteiger partial charge < -0.3 is 14.8 Å². The van der Waals surface area contributed by atoms with E-state index in [1.807, 2.05) is 58.2 Å². The number of rotatable bonds is 9. The summed E-state index contributed by atoms with van der Waals surface area (Å²) >= 11 is 12.3. The molecule has 7 heteroatoms. The van der Waals surface area contributed by atoms with Crippen LogP contribution in [0.1, 0.15) is 45.2 Å². The molecule has 0 aliphatic carbocycles. The minimum Gasteiger partial charge on any atom is -0.361 e. The van der Waals surface area contributed by atoms with Crippen molar-refractivity contribution in [3.63, 3.8) is 0 Å². The smallest absolute Gasteiger partial charge is 0.242 e. The summed E-state index contributed by atoms with van der Waals surface area (Å²) in [6.07, 6.45) is 3.48. The van der Waals surface area contributed by atoms with Crippen LogP contribution in [0.4, 0.5) is 0 Å². The fourth-order valence-corrected chi connectivity index (χ4v) is 4.32. The van der Waals surface area contributed by atoms with E-state index < -0.39 is 5.41 Å². The van der Waals surface area contributed by atoms with E-state index in [0.717, 1.165) is 28.5 Å². The first kappa shape index (κ1) is 26.1. The third-order valence-electron chi connectivity index (χ3n) is 5.78. The van der Waals surface area contributed by atoms with Crippen molar-refractivity contribution in [1.82, 2.24) is 14.8 Å². The Morgan fingerprint density at radius 2 is 1.71 bits per heavy atom. The van der Waals surface area contributed by atoms with Gasteiger partial charge in [0.05, 0.1) is 16.6 Å². The van der Waals surface area contributed by atoms with Crippen LogP contribution < -0.4 is 0 Å². The average molecular weight is 502 g/mol. The number of para-hydroxylation sites is 1. The maximum atomic E-state index is 13.5. The highest BCUT2D eigenvalue weighted by molar-refractivity contribution is 6.42. The van der Waals surface area contributed by atoms with E-state index >= 15 is 0 Å². The lowest BCUT2D eigenvalue weighted by Crippen LogP contribution is -2.47. The minimum atomic E-state index is -0.548. The molecule has 0 aliphatic rings. The Morgan fingerprint density at radius 3 is 2.38 bits per heavy atom. The monoisotopic (exact) mass is 501 g/mol. The van der Waals surface area contributed by atoms with Crippen LogP contribution in [-0.4, -0.2) is 46.2 Å². The lowest BCUT2D eigenvalue weighted by Gasteiger charge is -2.31. The van der Waals surface area contributed by atoms with Crippen LogP contribution in [0.15, 0.2) is 48.7 Å². The summed E-state index contributed by atoms with van der Waals surface area (Å²) in [6.45, 7) is 9.17. The number of amides is 2. The van der Waals surface area contributed by atoms with E-state index in [4.69, 9.17) is 23.2 Å². The number of aromatic nitrogens is 1. The van der Waals surface area contributed by atoms with Crippen molar-refractivity contribution in [3.8, 4) is 0 Å². The summed E-state index contributed by atoms with van der Waals surface area (Å²) in [5.74, 6) is -0.106. The lowest BCUT2D eigenvalue weighted by molar-refractivity contribution is -0.145. The number of hydrogen-bond acceptors (Lipinski definition) is 2. The van der Waals surface area contributed by atoms with Crippen LogP contribution in [0.2, 0.25) is 10.0 Å². The summed E-state index contributed by atoms with van der Waals surface area (Å²) in [4.78, 5) is 33.2. The summed E-state index contributed by atoms with van der Waals surface area (Å²) in [7, 11) is 0. The molecule has 0 saturated carbocycles. The van der Waals surface area contributed by atoms with Crippen molar-refractivity contribution < 1.29 is 9.59 Å². The molecule has 0 fully saturated rings. The summed E-state index contributed by atoms with van der Waals surface area (Å²) in [5.41, 5.74) is 2.57. The highest BCUT2D eigenvalue weighted by atomic mass is 35.5. The predicted molar refractivity (Wildman–Crippen MR) is 140 cm³/mol. The number of aromatic amines is 1. The van der Waals surface area contributed by atoms with E-state index in [1.54, 1.807) is 21.9 Å². The first-order chi connectivity index (χ1) is 16.1. The second-order valence-corrected chi connectivity index (χ2v) is 10.5. The molecule has 0 aliphatic heterocycles. The number of fused-ring (bicyclic) bond motifs is 1. The van der Waals surface area contributed by atoms with Crippen molar-refractivity contribution in [2.45, 2.75) is 47.1 Å². The predicted octanol–water partition coefficient (Wildman–Crippen LogP) is 6.33. The van der Waals surface area contributed by atoms with Crippen LogP contribution >= 0.6 is 23.2 Å². The van der Waals surface area contributed by atoms with Crippen molar-refractivity contribution >= 4 is 45.9 Å². The third kappa shape index (κ3) is 6.55. The normalized spacial score (nSPS) is 11.6.